The van der Waals surface area contributed by atoms with Crippen molar-refractivity contribution in [2.75, 3.05) is 6.61 Å². The van der Waals surface area contributed by atoms with E-state index in [1.54, 1.807) is 0 Å². The summed E-state index contributed by atoms with van der Waals surface area (Å²) in [7, 11) is 0. The summed E-state index contributed by atoms with van der Waals surface area (Å²) in [6.07, 6.45) is 4.54. The fraction of sp³-hybridized carbons (Fsp3) is 0.684. The molecule has 0 spiro atoms. The van der Waals surface area contributed by atoms with Crippen LogP contribution < -0.4 is 0 Å². The monoisotopic (exact) mass is 336 g/mol. The van der Waals surface area contributed by atoms with Gasteiger partial charge in [0.15, 0.2) is 0 Å². The van der Waals surface area contributed by atoms with Crippen molar-refractivity contribution in [2.45, 2.75) is 76.9 Å². The molecule has 1 unspecified atom stereocenters. The number of unbranched alkanes of at least 4 members (excludes halogenated alkanes) is 6. The van der Waals surface area contributed by atoms with Crippen molar-refractivity contribution in [3.8, 4) is 23.7 Å². The van der Waals surface area contributed by atoms with E-state index in [1.165, 1.54) is 0 Å². The van der Waals surface area contributed by atoms with Gasteiger partial charge in [0.25, 0.3) is 0 Å². The molecule has 0 fully saturated rings. The quantitative estimate of drug-likeness (QED) is 0.242. The Kier molecular flexibility index (Phi) is 11.8. The van der Waals surface area contributed by atoms with Gasteiger partial charge in [0.1, 0.15) is 6.10 Å². The SMILES string of the molecule is CCCCCC#CC(=O)C(O)(C(=O)C#CCCCCC)C(O)CO. The van der Waals surface area contributed by atoms with Crippen LogP contribution in [0.2, 0.25) is 0 Å². The van der Waals surface area contributed by atoms with Crippen LogP contribution in [-0.2, 0) is 9.59 Å². The first-order chi connectivity index (χ1) is 11.4. The fourth-order valence-electron chi connectivity index (χ4n) is 1.94. The van der Waals surface area contributed by atoms with Crippen molar-refractivity contribution < 1.29 is 24.9 Å². The van der Waals surface area contributed by atoms with Crippen molar-refractivity contribution in [3.63, 3.8) is 0 Å². The number of carbonyl (C=O) groups excluding carboxylic acids is 2. The van der Waals surface area contributed by atoms with Crippen molar-refractivity contribution in [1.82, 2.24) is 0 Å². The number of hydrogen-bond donors (Lipinski definition) is 3. The van der Waals surface area contributed by atoms with Gasteiger partial charge in [-0.05, 0) is 24.7 Å². The lowest BCUT2D eigenvalue weighted by atomic mass is 9.87. The summed E-state index contributed by atoms with van der Waals surface area (Å²) >= 11 is 0. The third-order valence-corrected chi connectivity index (χ3v) is 3.56. The van der Waals surface area contributed by atoms with Gasteiger partial charge < -0.3 is 15.3 Å². The molecule has 0 aromatic carbocycles. The molecule has 0 aromatic rings. The second kappa shape index (κ2) is 12.7. The summed E-state index contributed by atoms with van der Waals surface area (Å²) in [6.45, 7) is 3.13. The number of Topliss-reactive ketones (excluding diaryl/α,β-unsaturated/α-hetero) is 2. The molecule has 5 heteroatoms. The molecule has 5 nitrogen and oxygen atoms in total. The van der Waals surface area contributed by atoms with E-state index < -0.39 is 29.9 Å². The zero-order chi connectivity index (χ0) is 18.4. The molecule has 1 atom stereocenters. The molecule has 0 amide bonds. The van der Waals surface area contributed by atoms with E-state index in [0.717, 1.165) is 38.5 Å². The summed E-state index contributed by atoms with van der Waals surface area (Å²) in [5.74, 6) is 7.30. The molecule has 134 valence electrons. The first-order valence-electron chi connectivity index (χ1n) is 8.52. The molecular weight excluding hydrogens is 308 g/mol. The van der Waals surface area contributed by atoms with Gasteiger partial charge in [-0.2, -0.15) is 0 Å². The Morgan fingerprint density at radius 1 is 0.917 bits per heavy atom. The molecule has 0 aliphatic heterocycles. The minimum Gasteiger partial charge on any atom is -0.394 e. The largest absolute Gasteiger partial charge is 0.394 e. The summed E-state index contributed by atoms with van der Waals surface area (Å²) in [6, 6.07) is 0. The van der Waals surface area contributed by atoms with Gasteiger partial charge in [0.05, 0.1) is 6.61 Å². The molecule has 0 rings (SSSR count). The average Bonchev–Trinajstić information content (AvgIpc) is 2.59. The lowest BCUT2D eigenvalue weighted by Crippen LogP contribution is -2.56. The topological polar surface area (TPSA) is 94.8 Å². The second-order valence-electron chi connectivity index (χ2n) is 5.64. The van der Waals surface area contributed by atoms with E-state index in [1.807, 2.05) is 13.8 Å². The van der Waals surface area contributed by atoms with Crippen LogP contribution in [0.15, 0.2) is 0 Å². The number of ketones is 2. The predicted molar refractivity (Wildman–Crippen MR) is 91.9 cm³/mol. The first kappa shape index (κ1) is 22.3. The van der Waals surface area contributed by atoms with E-state index in [9.17, 15) is 19.8 Å². The normalized spacial score (nSPS) is 11.7. The lowest BCUT2D eigenvalue weighted by molar-refractivity contribution is -0.158. The molecule has 0 radical (unpaired) electrons. The van der Waals surface area contributed by atoms with Gasteiger partial charge >= 0.3 is 0 Å². The highest BCUT2D eigenvalue weighted by Crippen LogP contribution is 2.14. The van der Waals surface area contributed by atoms with Gasteiger partial charge in [0, 0.05) is 12.8 Å². The maximum Gasteiger partial charge on any atom is 0.248 e. The Morgan fingerprint density at radius 2 is 1.33 bits per heavy atom. The molecule has 0 heterocycles. The predicted octanol–water partition coefficient (Wildman–Crippen LogP) is 1.38. The van der Waals surface area contributed by atoms with Crippen LogP contribution in [-0.4, -0.2) is 45.2 Å². The summed E-state index contributed by atoms with van der Waals surface area (Å²) in [4.78, 5) is 24.2. The molecule has 0 aromatic heterocycles. The number of aliphatic hydroxyl groups is 3. The minimum atomic E-state index is -2.80. The molecule has 24 heavy (non-hydrogen) atoms. The third kappa shape index (κ3) is 7.27. The summed E-state index contributed by atoms with van der Waals surface area (Å²) in [5.41, 5.74) is -2.80. The van der Waals surface area contributed by atoms with Crippen LogP contribution in [0.1, 0.15) is 65.2 Å². The highest BCUT2D eigenvalue weighted by atomic mass is 16.4. The average molecular weight is 336 g/mol. The molecular formula is C19H28O5. The van der Waals surface area contributed by atoms with E-state index in [-0.39, 0.29) is 0 Å². The minimum absolute atomic E-state index is 0.460. The van der Waals surface area contributed by atoms with Crippen molar-refractivity contribution in [1.29, 1.82) is 0 Å². The van der Waals surface area contributed by atoms with Gasteiger partial charge in [0.2, 0.25) is 17.2 Å². The van der Waals surface area contributed by atoms with Crippen LogP contribution in [0.25, 0.3) is 0 Å². The smallest absolute Gasteiger partial charge is 0.248 e. The molecule has 0 saturated carbocycles. The Balaban J connectivity index is 5.05. The second-order valence-corrected chi connectivity index (χ2v) is 5.64. The van der Waals surface area contributed by atoms with Crippen LogP contribution in [0, 0.1) is 23.7 Å². The highest BCUT2D eigenvalue weighted by Gasteiger charge is 2.48. The van der Waals surface area contributed by atoms with Crippen molar-refractivity contribution in [2.24, 2.45) is 0 Å². The maximum absolute atomic E-state index is 12.1. The fourth-order valence-corrected chi connectivity index (χ4v) is 1.94. The highest BCUT2D eigenvalue weighted by molar-refractivity contribution is 6.23. The van der Waals surface area contributed by atoms with E-state index in [0.29, 0.717) is 12.8 Å². The first-order valence-corrected chi connectivity index (χ1v) is 8.52. The summed E-state index contributed by atoms with van der Waals surface area (Å²) in [5, 5.41) is 29.1. The van der Waals surface area contributed by atoms with Crippen LogP contribution >= 0.6 is 0 Å². The number of hydrogen-bond acceptors (Lipinski definition) is 5. The van der Waals surface area contributed by atoms with Crippen LogP contribution in [0.5, 0.6) is 0 Å². The molecule has 0 saturated heterocycles. The van der Waals surface area contributed by atoms with E-state index >= 15 is 0 Å². The number of aliphatic hydroxyl groups excluding tert-OH is 2. The molecule has 0 aliphatic carbocycles. The Labute approximate surface area is 144 Å². The van der Waals surface area contributed by atoms with Crippen molar-refractivity contribution >= 4 is 11.6 Å². The van der Waals surface area contributed by atoms with E-state index in [2.05, 4.69) is 23.7 Å². The zero-order valence-corrected chi connectivity index (χ0v) is 14.6. The molecule has 3 N–H and O–H groups in total. The van der Waals surface area contributed by atoms with Crippen LogP contribution in [0.4, 0.5) is 0 Å². The zero-order valence-electron chi connectivity index (χ0n) is 14.6. The van der Waals surface area contributed by atoms with Crippen LogP contribution in [0.3, 0.4) is 0 Å². The van der Waals surface area contributed by atoms with Gasteiger partial charge in [-0.1, -0.05) is 51.4 Å². The number of carbonyl (C=O) groups is 2. The van der Waals surface area contributed by atoms with Crippen molar-refractivity contribution in [3.05, 3.63) is 0 Å². The summed E-state index contributed by atoms with van der Waals surface area (Å²) < 4.78 is 0. The van der Waals surface area contributed by atoms with Gasteiger partial charge in [-0.25, -0.2) is 0 Å². The standard InChI is InChI=1S/C19H28O5/c1-3-5-7-9-11-13-16(21)19(24,18(23)15-20)17(22)14-12-10-8-6-4-2/h18,20,23-24H,3-10,15H2,1-2H3. The van der Waals surface area contributed by atoms with Gasteiger partial charge in [-0.15, -0.1) is 0 Å². The number of rotatable bonds is 10. The Bertz CT molecular complexity index is 475. The van der Waals surface area contributed by atoms with Gasteiger partial charge in [-0.3, -0.25) is 9.59 Å². The lowest BCUT2D eigenvalue weighted by Gasteiger charge is -2.24. The molecule has 0 aliphatic rings. The molecule has 0 bridgehead atoms. The van der Waals surface area contributed by atoms with E-state index in [4.69, 9.17) is 5.11 Å². The Morgan fingerprint density at radius 3 is 1.67 bits per heavy atom. The Hall–Kier alpha value is -1.66. The third-order valence-electron chi connectivity index (χ3n) is 3.56. The maximum atomic E-state index is 12.1.